The van der Waals surface area contributed by atoms with Crippen molar-refractivity contribution < 1.29 is 17.6 Å². The van der Waals surface area contributed by atoms with Crippen LogP contribution in [-0.4, -0.2) is 6.54 Å². The first-order valence-corrected chi connectivity index (χ1v) is 6.83. The second-order valence-corrected chi connectivity index (χ2v) is 5.24. The molecule has 1 unspecified atom stereocenters. The number of halogens is 4. The van der Waals surface area contributed by atoms with Crippen molar-refractivity contribution in [3.05, 3.63) is 65.0 Å². The van der Waals surface area contributed by atoms with E-state index in [2.05, 4.69) is 0 Å². The fourth-order valence-electron chi connectivity index (χ4n) is 2.88. The number of hydrogen-bond acceptors (Lipinski definition) is 2. The fraction of sp³-hybridized carbons (Fsp3) is 0.250. The lowest BCUT2D eigenvalue weighted by Gasteiger charge is -2.26. The van der Waals surface area contributed by atoms with E-state index in [1.165, 1.54) is 12.1 Å². The van der Waals surface area contributed by atoms with Crippen LogP contribution in [0.1, 0.15) is 22.7 Å². The summed E-state index contributed by atoms with van der Waals surface area (Å²) in [6.45, 7) is 0.457. The van der Waals surface area contributed by atoms with Crippen LogP contribution in [-0.2, 0) is 12.7 Å². The van der Waals surface area contributed by atoms with Crippen LogP contribution in [0.15, 0.2) is 42.5 Å². The number of benzene rings is 2. The van der Waals surface area contributed by atoms with E-state index in [-0.39, 0.29) is 6.54 Å². The van der Waals surface area contributed by atoms with Gasteiger partial charge in [-0.05, 0) is 35.4 Å². The highest BCUT2D eigenvalue weighted by molar-refractivity contribution is 5.56. The van der Waals surface area contributed by atoms with E-state index in [0.717, 1.165) is 17.7 Å². The zero-order valence-corrected chi connectivity index (χ0v) is 11.6. The van der Waals surface area contributed by atoms with Crippen molar-refractivity contribution >= 4 is 5.69 Å². The van der Waals surface area contributed by atoms with Gasteiger partial charge in [-0.25, -0.2) is 4.39 Å². The van der Waals surface area contributed by atoms with Crippen LogP contribution >= 0.6 is 0 Å². The van der Waals surface area contributed by atoms with Gasteiger partial charge in [0.2, 0.25) is 0 Å². The van der Waals surface area contributed by atoms with Crippen molar-refractivity contribution in [1.29, 1.82) is 0 Å². The second-order valence-electron chi connectivity index (χ2n) is 5.24. The minimum Gasteiger partial charge on any atom is -0.356 e. The highest BCUT2D eigenvalue weighted by Gasteiger charge is 2.35. The summed E-state index contributed by atoms with van der Waals surface area (Å²) >= 11 is 0. The van der Waals surface area contributed by atoms with Crippen molar-refractivity contribution in [2.45, 2.75) is 18.8 Å². The SMILES string of the molecule is NCC1c2cc(C(F)(F)F)ccc2CN1c1ccccc1F. The summed E-state index contributed by atoms with van der Waals surface area (Å²) in [5.41, 5.74) is 6.64. The van der Waals surface area contributed by atoms with E-state index < -0.39 is 23.6 Å². The Labute approximate surface area is 125 Å². The summed E-state index contributed by atoms with van der Waals surface area (Å²) in [5.74, 6) is -0.412. The number of para-hydroxylation sites is 1. The summed E-state index contributed by atoms with van der Waals surface area (Å²) in [5, 5.41) is 0. The van der Waals surface area contributed by atoms with Gasteiger partial charge in [0.25, 0.3) is 0 Å². The molecule has 6 heteroatoms. The predicted molar refractivity (Wildman–Crippen MR) is 75.8 cm³/mol. The van der Waals surface area contributed by atoms with Crippen molar-refractivity contribution in [2.75, 3.05) is 11.4 Å². The third kappa shape index (κ3) is 2.43. The van der Waals surface area contributed by atoms with Crippen molar-refractivity contribution in [1.82, 2.24) is 0 Å². The Kier molecular flexibility index (Phi) is 3.56. The zero-order valence-electron chi connectivity index (χ0n) is 11.6. The van der Waals surface area contributed by atoms with Gasteiger partial charge in [-0.15, -0.1) is 0 Å². The third-order valence-electron chi connectivity index (χ3n) is 3.93. The average molecular weight is 310 g/mol. The molecule has 0 saturated carbocycles. The Balaban J connectivity index is 2.03. The summed E-state index contributed by atoms with van der Waals surface area (Å²) in [6, 6.07) is 9.35. The molecular weight excluding hydrogens is 296 g/mol. The van der Waals surface area contributed by atoms with E-state index in [9.17, 15) is 17.6 Å². The van der Waals surface area contributed by atoms with Gasteiger partial charge in [0.15, 0.2) is 0 Å². The van der Waals surface area contributed by atoms with Crippen LogP contribution in [0.5, 0.6) is 0 Å². The number of anilines is 1. The monoisotopic (exact) mass is 310 g/mol. The molecule has 3 rings (SSSR count). The molecule has 2 aromatic carbocycles. The van der Waals surface area contributed by atoms with E-state index >= 15 is 0 Å². The molecule has 0 aromatic heterocycles. The molecule has 1 atom stereocenters. The van der Waals surface area contributed by atoms with Gasteiger partial charge in [-0.3, -0.25) is 0 Å². The van der Waals surface area contributed by atoms with E-state index in [4.69, 9.17) is 5.73 Å². The Morgan fingerprint density at radius 1 is 1.14 bits per heavy atom. The van der Waals surface area contributed by atoms with Crippen LogP contribution in [0.25, 0.3) is 0 Å². The van der Waals surface area contributed by atoms with E-state index in [1.807, 2.05) is 0 Å². The number of alkyl halides is 3. The van der Waals surface area contributed by atoms with Gasteiger partial charge >= 0.3 is 6.18 Å². The molecule has 0 radical (unpaired) electrons. The molecule has 2 aromatic rings. The molecule has 0 bridgehead atoms. The molecule has 1 aliphatic rings. The fourth-order valence-corrected chi connectivity index (χ4v) is 2.88. The summed E-state index contributed by atoms with van der Waals surface area (Å²) in [6.07, 6.45) is -4.40. The number of rotatable bonds is 2. The highest BCUT2D eigenvalue weighted by atomic mass is 19.4. The number of hydrogen-bond donors (Lipinski definition) is 1. The van der Waals surface area contributed by atoms with Crippen LogP contribution < -0.4 is 10.6 Å². The first-order valence-electron chi connectivity index (χ1n) is 6.83. The Bertz CT molecular complexity index is 697. The molecule has 1 aliphatic heterocycles. The lowest BCUT2D eigenvalue weighted by molar-refractivity contribution is -0.137. The molecule has 116 valence electrons. The lowest BCUT2D eigenvalue weighted by Crippen LogP contribution is -2.28. The van der Waals surface area contributed by atoms with E-state index in [1.54, 1.807) is 23.1 Å². The molecule has 1 heterocycles. The Morgan fingerprint density at radius 3 is 2.50 bits per heavy atom. The summed E-state index contributed by atoms with van der Waals surface area (Å²) in [4.78, 5) is 1.71. The first-order chi connectivity index (χ1) is 10.4. The van der Waals surface area contributed by atoms with Crippen LogP contribution in [0.4, 0.5) is 23.2 Å². The average Bonchev–Trinajstić information content (AvgIpc) is 2.84. The number of nitrogens with two attached hydrogens (primary N) is 1. The normalized spacial score (nSPS) is 17.7. The van der Waals surface area contributed by atoms with Crippen molar-refractivity contribution in [3.63, 3.8) is 0 Å². The standard InChI is InChI=1S/C16H14F4N2/c17-13-3-1-2-4-14(13)22-9-10-5-6-11(16(18,19)20)7-12(10)15(22)8-21/h1-7,15H,8-9,21H2. The molecule has 0 spiro atoms. The molecule has 0 amide bonds. The molecular formula is C16H14F4N2. The molecule has 2 N–H and O–H groups in total. The number of nitrogens with zero attached hydrogens (tertiary/aromatic N) is 1. The molecule has 0 aliphatic carbocycles. The smallest absolute Gasteiger partial charge is 0.356 e. The van der Waals surface area contributed by atoms with Gasteiger partial charge in [0, 0.05) is 13.1 Å². The topological polar surface area (TPSA) is 29.3 Å². The Hall–Kier alpha value is -2.08. The largest absolute Gasteiger partial charge is 0.416 e. The van der Waals surface area contributed by atoms with Crippen LogP contribution in [0, 0.1) is 5.82 Å². The predicted octanol–water partition coefficient (Wildman–Crippen LogP) is 3.86. The maximum Gasteiger partial charge on any atom is 0.416 e. The quantitative estimate of drug-likeness (QED) is 0.853. The summed E-state index contributed by atoms with van der Waals surface area (Å²) in [7, 11) is 0. The van der Waals surface area contributed by atoms with Gasteiger partial charge < -0.3 is 10.6 Å². The van der Waals surface area contributed by atoms with Crippen molar-refractivity contribution in [3.8, 4) is 0 Å². The minimum atomic E-state index is -4.40. The van der Waals surface area contributed by atoms with Crippen LogP contribution in [0.2, 0.25) is 0 Å². The molecule has 0 saturated heterocycles. The van der Waals surface area contributed by atoms with Gasteiger partial charge in [-0.1, -0.05) is 18.2 Å². The maximum absolute atomic E-state index is 14.0. The minimum absolute atomic E-state index is 0.114. The molecule has 22 heavy (non-hydrogen) atoms. The summed E-state index contributed by atoms with van der Waals surface area (Å²) < 4.78 is 52.6. The maximum atomic E-state index is 14.0. The first kappa shape index (κ1) is 14.8. The molecule has 2 nitrogen and oxygen atoms in total. The Morgan fingerprint density at radius 2 is 1.86 bits per heavy atom. The van der Waals surface area contributed by atoms with Crippen LogP contribution in [0.3, 0.4) is 0 Å². The van der Waals surface area contributed by atoms with Gasteiger partial charge in [0.05, 0.1) is 17.3 Å². The zero-order chi connectivity index (χ0) is 15.9. The van der Waals surface area contributed by atoms with Crippen molar-refractivity contribution in [2.24, 2.45) is 5.73 Å². The highest BCUT2D eigenvalue weighted by Crippen LogP contribution is 2.40. The number of fused-ring (bicyclic) bond motifs is 1. The second kappa shape index (κ2) is 5.28. The van der Waals surface area contributed by atoms with E-state index in [0.29, 0.717) is 17.8 Å². The van der Waals surface area contributed by atoms with Gasteiger partial charge in [-0.2, -0.15) is 13.2 Å². The lowest BCUT2D eigenvalue weighted by atomic mass is 10.0. The van der Waals surface area contributed by atoms with Gasteiger partial charge in [0.1, 0.15) is 5.82 Å². The third-order valence-corrected chi connectivity index (χ3v) is 3.93. The molecule has 0 fully saturated rings.